The summed E-state index contributed by atoms with van der Waals surface area (Å²) < 4.78 is 0. The van der Waals surface area contributed by atoms with Crippen molar-refractivity contribution in [2.45, 2.75) is 39.2 Å². The maximum Gasteiger partial charge on any atom is 0.0599 e. The highest BCUT2D eigenvalue weighted by Crippen LogP contribution is 2.29. The van der Waals surface area contributed by atoms with Crippen LogP contribution in [0.2, 0.25) is 0 Å². The lowest BCUT2D eigenvalue weighted by molar-refractivity contribution is 0.277. The van der Waals surface area contributed by atoms with Crippen molar-refractivity contribution in [3.05, 3.63) is 0 Å². The summed E-state index contributed by atoms with van der Waals surface area (Å²) in [6.45, 7) is 8.61. The van der Waals surface area contributed by atoms with E-state index in [1.807, 2.05) is 0 Å². The average molecular weight is 208 g/mol. The Labute approximate surface area is 94.4 Å². The first-order valence-electron chi connectivity index (χ1n) is 6.15. The summed E-state index contributed by atoms with van der Waals surface area (Å²) in [5.74, 6) is 3.70. The second-order valence-corrected chi connectivity index (χ2v) is 4.63. The quantitative estimate of drug-likeness (QED) is 0.611. The van der Waals surface area contributed by atoms with Gasteiger partial charge in [0.25, 0.3) is 0 Å². The summed E-state index contributed by atoms with van der Waals surface area (Å²) in [5.41, 5.74) is 0. The fourth-order valence-electron chi connectivity index (χ4n) is 1.86. The smallest absolute Gasteiger partial charge is 0.0599 e. The fourth-order valence-corrected chi connectivity index (χ4v) is 1.86. The molecule has 0 aromatic rings. The van der Waals surface area contributed by atoms with Gasteiger partial charge in [0.2, 0.25) is 0 Å². The van der Waals surface area contributed by atoms with Crippen LogP contribution in [-0.4, -0.2) is 37.1 Å². The molecule has 1 aliphatic carbocycles. The van der Waals surface area contributed by atoms with Crippen molar-refractivity contribution in [3.63, 3.8) is 0 Å². The van der Waals surface area contributed by atoms with Crippen molar-refractivity contribution in [3.8, 4) is 12.3 Å². The van der Waals surface area contributed by atoms with E-state index in [4.69, 9.17) is 6.42 Å². The summed E-state index contributed by atoms with van der Waals surface area (Å²) in [6, 6.07) is 0.606. The molecule has 0 amide bonds. The fraction of sp³-hybridized carbons (Fsp3) is 0.846. The lowest BCUT2D eigenvalue weighted by atomic mass is 10.2. The molecule has 2 nitrogen and oxygen atoms in total. The second kappa shape index (κ2) is 6.87. The van der Waals surface area contributed by atoms with Gasteiger partial charge in [-0.15, -0.1) is 6.42 Å². The monoisotopic (exact) mass is 208 g/mol. The number of nitrogens with zero attached hydrogens (tertiary/aromatic N) is 1. The highest BCUT2D eigenvalue weighted by atomic mass is 15.1. The van der Waals surface area contributed by atoms with Gasteiger partial charge in [0.15, 0.2) is 0 Å². The van der Waals surface area contributed by atoms with Gasteiger partial charge in [-0.2, -0.15) is 0 Å². The van der Waals surface area contributed by atoms with Crippen LogP contribution in [0.4, 0.5) is 0 Å². The summed E-state index contributed by atoms with van der Waals surface area (Å²) in [4.78, 5) is 2.42. The third kappa shape index (κ3) is 5.81. The first-order valence-corrected chi connectivity index (χ1v) is 6.15. The van der Waals surface area contributed by atoms with Gasteiger partial charge < -0.3 is 5.32 Å². The van der Waals surface area contributed by atoms with Crippen molar-refractivity contribution >= 4 is 0 Å². The Hall–Kier alpha value is -0.520. The molecule has 1 atom stereocenters. The molecule has 1 aliphatic rings. The van der Waals surface area contributed by atoms with E-state index >= 15 is 0 Å². The van der Waals surface area contributed by atoms with Crippen LogP contribution in [-0.2, 0) is 0 Å². The van der Waals surface area contributed by atoms with Crippen LogP contribution in [0.5, 0.6) is 0 Å². The van der Waals surface area contributed by atoms with Crippen LogP contribution in [0.1, 0.15) is 33.1 Å². The molecule has 1 fully saturated rings. The maximum atomic E-state index is 5.38. The average Bonchev–Trinajstić information content (AvgIpc) is 2.99. The Morgan fingerprint density at radius 2 is 2.27 bits per heavy atom. The molecule has 1 saturated carbocycles. The Bertz CT molecular complexity index is 203. The van der Waals surface area contributed by atoms with Crippen LogP contribution >= 0.6 is 0 Å². The van der Waals surface area contributed by atoms with Gasteiger partial charge in [0.1, 0.15) is 0 Å². The van der Waals surface area contributed by atoms with E-state index in [9.17, 15) is 0 Å². The van der Waals surface area contributed by atoms with Gasteiger partial charge in [-0.05, 0) is 38.6 Å². The van der Waals surface area contributed by atoms with E-state index in [0.717, 1.165) is 25.6 Å². The molecule has 15 heavy (non-hydrogen) atoms. The van der Waals surface area contributed by atoms with Gasteiger partial charge in [0.05, 0.1) is 6.54 Å². The number of rotatable bonds is 8. The minimum Gasteiger partial charge on any atom is -0.314 e. The number of terminal acetylenes is 1. The summed E-state index contributed by atoms with van der Waals surface area (Å²) in [5, 5.41) is 3.43. The molecular formula is C13H24N2. The van der Waals surface area contributed by atoms with Crippen molar-refractivity contribution in [2.24, 2.45) is 5.92 Å². The topological polar surface area (TPSA) is 15.3 Å². The molecule has 0 aliphatic heterocycles. The first kappa shape index (κ1) is 12.5. The van der Waals surface area contributed by atoms with Crippen LogP contribution in [0, 0.1) is 18.3 Å². The molecule has 0 radical (unpaired) electrons. The van der Waals surface area contributed by atoms with Crippen LogP contribution in [0.25, 0.3) is 0 Å². The van der Waals surface area contributed by atoms with E-state index in [0.29, 0.717) is 6.04 Å². The Kier molecular flexibility index (Phi) is 5.75. The third-order valence-corrected chi connectivity index (χ3v) is 2.96. The minimum atomic E-state index is 0.606. The molecule has 0 heterocycles. The zero-order chi connectivity index (χ0) is 11.1. The van der Waals surface area contributed by atoms with Crippen LogP contribution < -0.4 is 5.32 Å². The summed E-state index contributed by atoms with van der Waals surface area (Å²) >= 11 is 0. The molecule has 0 aromatic heterocycles. The SMILES string of the molecule is C#CCN(CCC(C)NCC)CC1CC1. The molecule has 1 N–H and O–H groups in total. The van der Waals surface area contributed by atoms with Crippen molar-refractivity contribution in [1.82, 2.24) is 10.2 Å². The van der Waals surface area contributed by atoms with E-state index in [1.54, 1.807) is 0 Å². The zero-order valence-corrected chi connectivity index (χ0v) is 10.1. The largest absolute Gasteiger partial charge is 0.314 e. The van der Waals surface area contributed by atoms with E-state index in [2.05, 4.69) is 30.0 Å². The Morgan fingerprint density at radius 1 is 1.53 bits per heavy atom. The van der Waals surface area contributed by atoms with Crippen molar-refractivity contribution < 1.29 is 0 Å². The molecule has 2 heteroatoms. The van der Waals surface area contributed by atoms with Crippen LogP contribution in [0.15, 0.2) is 0 Å². The normalized spacial score (nSPS) is 17.7. The van der Waals surface area contributed by atoms with Gasteiger partial charge >= 0.3 is 0 Å². The van der Waals surface area contributed by atoms with E-state index in [1.165, 1.54) is 25.8 Å². The van der Waals surface area contributed by atoms with Gasteiger partial charge in [-0.1, -0.05) is 12.8 Å². The van der Waals surface area contributed by atoms with Gasteiger partial charge in [0, 0.05) is 19.1 Å². The Balaban J connectivity index is 2.15. The van der Waals surface area contributed by atoms with Gasteiger partial charge in [-0.25, -0.2) is 0 Å². The molecule has 1 unspecified atom stereocenters. The van der Waals surface area contributed by atoms with Crippen molar-refractivity contribution in [2.75, 3.05) is 26.2 Å². The predicted octanol–water partition coefficient (Wildman–Crippen LogP) is 1.72. The molecule has 1 rings (SSSR count). The zero-order valence-electron chi connectivity index (χ0n) is 10.1. The highest BCUT2D eigenvalue weighted by Gasteiger charge is 2.23. The third-order valence-electron chi connectivity index (χ3n) is 2.96. The van der Waals surface area contributed by atoms with E-state index in [-0.39, 0.29) is 0 Å². The minimum absolute atomic E-state index is 0.606. The van der Waals surface area contributed by atoms with Crippen LogP contribution in [0.3, 0.4) is 0 Å². The second-order valence-electron chi connectivity index (χ2n) is 4.63. The molecule has 0 saturated heterocycles. The number of hydrogen-bond donors (Lipinski definition) is 1. The lowest BCUT2D eigenvalue weighted by Gasteiger charge is -2.22. The number of nitrogens with one attached hydrogen (secondary N) is 1. The predicted molar refractivity (Wildman–Crippen MR) is 65.8 cm³/mol. The van der Waals surface area contributed by atoms with E-state index < -0.39 is 0 Å². The van der Waals surface area contributed by atoms with Gasteiger partial charge in [-0.3, -0.25) is 4.90 Å². The van der Waals surface area contributed by atoms with Crippen molar-refractivity contribution in [1.29, 1.82) is 0 Å². The Morgan fingerprint density at radius 3 is 2.80 bits per heavy atom. The molecular weight excluding hydrogens is 184 g/mol. The number of hydrogen-bond acceptors (Lipinski definition) is 2. The molecule has 0 aromatic carbocycles. The maximum absolute atomic E-state index is 5.38. The highest BCUT2D eigenvalue weighted by molar-refractivity contribution is 4.90. The standard InChI is InChI=1S/C13H24N2/c1-4-9-15(11-13-6-7-13)10-8-12(3)14-5-2/h1,12-14H,5-11H2,2-3H3. The summed E-state index contributed by atoms with van der Waals surface area (Å²) in [7, 11) is 0. The molecule has 0 bridgehead atoms. The molecule has 0 spiro atoms. The first-order chi connectivity index (χ1) is 7.26. The summed E-state index contributed by atoms with van der Waals surface area (Å²) in [6.07, 6.45) is 9.39. The molecule has 86 valence electrons. The lowest BCUT2D eigenvalue weighted by Crippen LogP contribution is -2.33.